The smallest absolute Gasteiger partial charge is 0.251 e. The Morgan fingerprint density at radius 1 is 0.962 bits per heavy atom. The van der Waals surface area contributed by atoms with Crippen LogP contribution in [0.25, 0.3) is 0 Å². The van der Waals surface area contributed by atoms with Crippen molar-refractivity contribution in [2.24, 2.45) is 5.92 Å². The minimum Gasteiger partial charge on any atom is -0.352 e. The molecule has 0 bridgehead atoms. The predicted octanol–water partition coefficient (Wildman–Crippen LogP) is 2.98. The van der Waals surface area contributed by atoms with Crippen LogP contribution in [0.4, 0.5) is 0 Å². The van der Waals surface area contributed by atoms with Gasteiger partial charge in [-0.2, -0.15) is 0 Å². The maximum Gasteiger partial charge on any atom is 0.251 e. The van der Waals surface area contributed by atoms with Gasteiger partial charge in [0.05, 0.1) is 4.90 Å². The van der Waals surface area contributed by atoms with E-state index in [9.17, 15) is 13.2 Å². The van der Waals surface area contributed by atoms with Gasteiger partial charge in [-0.1, -0.05) is 44.2 Å². The minimum atomic E-state index is -3.53. The van der Waals surface area contributed by atoms with Crippen molar-refractivity contribution in [3.8, 4) is 0 Å². The fraction of sp³-hybridized carbons (Fsp3) is 0.350. The highest BCUT2D eigenvalue weighted by Gasteiger charge is 2.14. The number of benzene rings is 2. The molecule has 0 atom stereocenters. The van der Waals surface area contributed by atoms with Gasteiger partial charge in [0, 0.05) is 18.7 Å². The second-order valence-corrected chi connectivity index (χ2v) is 8.36. The molecule has 26 heavy (non-hydrogen) atoms. The van der Waals surface area contributed by atoms with Crippen LogP contribution in [0.1, 0.15) is 36.2 Å². The van der Waals surface area contributed by atoms with Gasteiger partial charge >= 0.3 is 0 Å². The topological polar surface area (TPSA) is 75.3 Å². The van der Waals surface area contributed by atoms with E-state index in [0.29, 0.717) is 24.6 Å². The molecule has 0 fully saturated rings. The average Bonchev–Trinajstić information content (AvgIpc) is 2.62. The Bertz CT molecular complexity index is 801. The van der Waals surface area contributed by atoms with Crippen molar-refractivity contribution in [1.29, 1.82) is 0 Å². The summed E-state index contributed by atoms with van der Waals surface area (Å²) >= 11 is 0. The van der Waals surface area contributed by atoms with E-state index in [2.05, 4.69) is 10.0 Å². The van der Waals surface area contributed by atoms with Gasteiger partial charge in [-0.05, 0) is 48.6 Å². The van der Waals surface area contributed by atoms with Crippen molar-refractivity contribution in [3.05, 3.63) is 65.7 Å². The van der Waals surface area contributed by atoms with Crippen LogP contribution in [0.2, 0.25) is 0 Å². The number of rotatable bonds is 9. The highest BCUT2D eigenvalue weighted by molar-refractivity contribution is 7.89. The largest absolute Gasteiger partial charge is 0.352 e. The van der Waals surface area contributed by atoms with Gasteiger partial charge in [-0.25, -0.2) is 13.1 Å². The fourth-order valence-corrected chi connectivity index (χ4v) is 3.47. The number of nitrogens with one attached hydrogen (secondary N) is 2. The zero-order valence-electron chi connectivity index (χ0n) is 15.2. The van der Waals surface area contributed by atoms with Crippen LogP contribution < -0.4 is 10.0 Å². The summed E-state index contributed by atoms with van der Waals surface area (Å²) < 4.78 is 27.0. The van der Waals surface area contributed by atoms with E-state index in [4.69, 9.17) is 0 Å². The van der Waals surface area contributed by atoms with Gasteiger partial charge in [-0.15, -0.1) is 0 Å². The summed E-state index contributed by atoms with van der Waals surface area (Å²) in [6.07, 6.45) is 1.53. The second-order valence-electron chi connectivity index (χ2n) is 6.60. The van der Waals surface area contributed by atoms with Crippen molar-refractivity contribution in [2.45, 2.75) is 31.6 Å². The Hall–Kier alpha value is -2.18. The van der Waals surface area contributed by atoms with E-state index < -0.39 is 10.0 Å². The molecule has 140 valence electrons. The lowest BCUT2D eigenvalue weighted by Crippen LogP contribution is -2.27. The molecule has 0 aromatic heterocycles. The highest BCUT2D eigenvalue weighted by Crippen LogP contribution is 2.11. The fourth-order valence-electron chi connectivity index (χ4n) is 2.42. The number of sulfonamides is 1. The molecule has 0 aliphatic carbocycles. The quantitative estimate of drug-likeness (QED) is 0.708. The zero-order valence-corrected chi connectivity index (χ0v) is 16.1. The van der Waals surface area contributed by atoms with Gasteiger partial charge in [0.1, 0.15) is 0 Å². The Kier molecular flexibility index (Phi) is 7.36. The molecular weight excluding hydrogens is 348 g/mol. The highest BCUT2D eigenvalue weighted by atomic mass is 32.2. The molecule has 0 aliphatic rings. The summed E-state index contributed by atoms with van der Waals surface area (Å²) in [5.74, 6) is 0.220. The third kappa shape index (κ3) is 6.28. The van der Waals surface area contributed by atoms with Crippen molar-refractivity contribution in [2.75, 3.05) is 13.1 Å². The number of amides is 1. The first kappa shape index (κ1) is 20.1. The first-order valence-corrected chi connectivity index (χ1v) is 10.3. The van der Waals surface area contributed by atoms with Crippen molar-refractivity contribution in [3.63, 3.8) is 0 Å². The van der Waals surface area contributed by atoms with Crippen LogP contribution in [0.15, 0.2) is 59.5 Å². The second kappa shape index (κ2) is 9.50. The number of carbonyl (C=O) groups excluding carboxylic acids is 1. The molecule has 0 radical (unpaired) electrons. The standard InChI is InChI=1S/C20H26N2O3S/c1-16(2)12-15-22-26(24,25)19-10-8-18(9-11-19)20(23)21-14-13-17-6-4-3-5-7-17/h3-11,16,22H,12-15H2,1-2H3,(H,21,23). The van der Waals surface area contributed by atoms with E-state index in [1.807, 2.05) is 44.2 Å². The molecule has 6 heteroatoms. The van der Waals surface area contributed by atoms with Crippen LogP contribution in [-0.2, 0) is 16.4 Å². The molecule has 2 rings (SSSR count). The lowest BCUT2D eigenvalue weighted by atomic mass is 10.1. The van der Waals surface area contributed by atoms with E-state index in [1.54, 1.807) is 0 Å². The molecule has 0 spiro atoms. The summed E-state index contributed by atoms with van der Waals surface area (Å²) in [7, 11) is -3.53. The minimum absolute atomic E-state index is 0.169. The lowest BCUT2D eigenvalue weighted by molar-refractivity contribution is 0.0954. The van der Waals surface area contributed by atoms with E-state index in [-0.39, 0.29) is 10.8 Å². The summed E-state index contributed by atoms with van der Waals surface area (Å²) in [6.45, 7) is 5.01. The average molecular weight is 375 g/mol. The number of carbonyl (C=O) groups is 1. The molecule has 0 saturated heterocycles. The van der Waals surface area contributed by atoms with Gasteiger partial charge in [0.2, 0.25) is 10.0 Å². The molecule has 1 amide bonds. The van der Waals surface area contributed by atoms with E-state index in [1.165, 1.54) is 24.3 Å². The van der Waals surface area contributed by atoms with Crippen LogP contribution in [0.3, 0.4) is 0 Å². The summed E-state index contributed by atoms with van der Waals surface area (Å²) in [4.78, 5) is 12.3. The van der Waals surface area contributed by atoms with Crippen LogP contribution in [-0.4, -0.2) is 27.4 Å². The predicted molar refractivity (Wildman–Crippen MR) is 104 cm³/mol. The maximum atomic E-state index is 12.2. The molecule has 2 aromatic carbocycles. The van der Waals surface area contributed by atoms with Crippen LogP contribution >= 0.6 is 0 Å². The van der Waals surface area contributed by atoms with Crippen molar-refractivity contribution >= 4 is 15.9 Å². The van der Waals surface area contributed by atoms with Gasteiger partial charge in [-0.3, -0.25) is 4.79 Å². The molecule has 0 aliphatic heterocycles. The van der Waals surface area contributed by atoms with Crippen LogP contribution in [0, 0.1) is 5.92 Å². The first-order chi connectivity index (χ1) is 12.4. The van der Waals surface area contributed by atoms with E-state index in [0.717, 1.165) is 18.4 Å². The first-order valence-electron chi connectivity index (χ1n) is 8.80. The molecule has 2 N–H and O–H groups in total. The zero-order chi connectivity index (χ0) is 19.0. The third-order valence-electron chi connectivity index (χ3n) is 3.98. The summed E-state index contributed by atoms with van der Waals surface area (Å²) in [6, 6.07) is 15.9. The van der Waals surface area contributed by atoms with E-state index >= 15 is 0 Å². The molecule has 5 nitrogen and oxygen atoms in total. The maximum absolute atomic E-state index is 12.2. The SMILES string of the molecule is CC(C)CCNS(=O)(=O)c1ccc(C(=O)NCCc2ccccc2)cc1. The lowest BCUT2D eigenvalue weighted by Gasteiger charge is -2.09. The Morgan fingerprint density at radius 2 is 1.62 bits per heavy atom. The molecule has 0 saturated carbocycles. The summed E-state index contributed by atoms with van der Waals surface area (Å²) in [5, 5.41) is 2.85. The van der Waals surface area contributed by atoms with Gasteiger partial charge in [0.25, 0.3) is 5.91 Å². The normalized spacial score (nSPS) is 11.5. The molecule has 2 aromatic rings. The molecular formula is C20H26N2O3S. The van der Waals surface area contributed by atoms with Crippen LogP contribution in [0.5, 0.6) is 0 Å². The van der Waals surface area contributed by atoms with Crippen molar-refractivity contribution < 1.29 is 13.2 Å². The Labute approximate surface area is 155 Å². The molecule has 0 unspecified atom stereocenters. The van der Waals surface area contributed by atoms with Crippen molar-refractivity contribution in [1.82, 2.24) is 10.0 Å². The summed E-state index contributed by atoms with van der Waals surface area (Å²) in [5.41, 5.74) is 1.60. The number of hydrogen-bond acceptors (Lipinski definition) is 3. The van der Waals surface area contributed by atoms with Gasteiger partial charge < -0.3 is 5.32 Å². The monoisotopic (exact) mass is 374 g/mol. The Morgan fingerprint density at radius 3 is 2.23 bits per heavy atom. The number of hydrogen-bond donors (Lipinski definition) is 2. The Balaban J connectivity index is 1.88. The third-order valence-corrected chi connectivity index (χ3v) is 5.46. The van der Waals surface area contributed by atoms with Gasteiger partial charge in [0.15, 0.2) is 0 Å². The molecule has 0 heterocycles.